The third-order valence-electron chi connectivity index (χ3n) is 1.95. The van der Waals surface area contributed by atoms with E-state index < -0.39 is 5.91 Å². The van der Waals surface area contributed by atoms with Crippen molar-refractivity contribution in [3.63, 3.8) is 0 Å². The average Bonchev–Trinajstić information content (AvgIpc) is 2.68. The van der Waals surface area contributed by atoms with E-state index in [0.717, 1.165) is 0 Å². The van der Waals surface area contributed by atoms with Gasteiger partial charge in [0.05, 0.1) is 11.2 Å². The lowest BCUT2D eigenvalue weighted by Gasteiger charge is -2.03. The van der Waals surface area contributed by atoms with E-state index in [4.69, 9.17) is 16.1 Å². The summed E-state index contributed by atoms with van der Waals surface area (Å²) in [6.07, 6.45) is 3.00. The summed E-state index contributed by atoms with van der Waals surface area (Å²) in [5, 5.41) is 6.42. The second kappa shape index (κ2) is 4.32. The molecular weight excluding hydrogens is 230 g/mol. The third kappa shape index (κ3) is 2.04. The molecule has 82 valence electrons. The van der Waals surface area contributed by atoms with Crippen LogP contribution >= 0.6 is 11.6 Å². The lowest BCUT2D eigenvalue weighted by atomic mass is 10.3. The highest BCUT2D eigenvalue weighted by atomic mass is 35.5. The molecule has 16 heavy (non-hydrogen) atoms. The van der Waals surface area contributed by atoms with E-state index in [0.29, 0.717) is 16.4 Å². The fraction of sp³-hybridized carbons (Fsp3) is 0.100. The maximum Gasteiger partial charge on any atom is 0.295 e. The van der Waals surface area contributed by atoms with Crippen molar-refractivity contribution >= 4 is 23.3 Å². The molecule has 2 aromatic heterocycles. The van der Waals surface area contributed by atoms with E-state index in [1.54, 1.807) is 19.1 Å². The Kier molecular flexibility index (Phi) is 2.87. The first-order chi connectivity index (χ1) is 7.68. The smallest absolute Gasteiger partial charge is 0.295 e. The topological polar surface area (TPSA) is 68.0 Å². The summed E-state index contributed by atoms with van der Waals surface area (Å²) in [6.45, 7) is 1.73. The van der Waals surface area contributed by atoms with Gasteiger partial charge in [0.2, 0.25) is 5.76 Å². The van der Waals surface area contributed by atoms with Crippen molar-refractivity contribution in [2.75, 3.05) is 5.32 Å². The zero-order valence-corrected chi connectivity index (χ0v) is 9.15. The first-order valence-corrected chi connectivity index (χ1v) is 4.89. The molecule has 0 aliphatic carbocycles. The maximum atomic E-state index is 11.7. The molecule has 0 fully saturated rings. The van der Waals surface area contributed by atoms with Crippen molar-refractivity contribution in [3.8, 4) is 0 Å². The number of pyridine rings is 1. The highest BCUT2D eigenvalue weighted by Gasteiger charge is 2.15. The quantitative estimate of drug-likeness (QED) is 0.870. The number of hydrogen-bond donors (Lipinski definition) is 1. The second-order valence-electron chi connectivity index (χ2n) is 3.13. The van der Waals surface area contributed by atoms with Crippen molar-refractivity contribution in [3.05, 3.63) is 40.9 Å². The van der Waals surface area contributed by atoms with E-state index in [9.17, 15) is 4.79 Å². The number of nitrogens with zero attached hydrogens (tertiary/aromatic N) is 2. The Labute approximate surface area is 96.4 Å². The second-order valence-corrected chi connectivity index (χ2v) is 3.53. The van der Waals surface area contributed by atoms with Gasteiger partial charge in [0.15, 0.2) is 5.82 Å². The lowest BCUT2D eigenvalue weighted by Crippen LogP contribution is -2.13. The lowest BCUT2D eigenvalue weighted by molar-refractivity contribution is 0.0986. The van der Waals surface area contributed by atoms with Crippen LogP contribution < -0.4 is 5.32 Å². The van der Waals surface area contributed by atoms with Crippen LogP contribution in [0.1, 0.15) is 16.1 Å². The number of nitrogens with one attached hydrogen (secondary N) is 1. The van der Waals surface area contributed by atoms with Gasteiger partial charge in [-0.05, 0) is 19.1 Å². The largest absolute Gasteiger partial charge is 0.351 e. The Morgan fingerprint density at radius 2 is 2.38 bits per heavy atom. The first-order valence-electron chi connectivity index (χ1n) is 4.51. The van der Waals surface area contributed by atoms with Crippen LogP contribution in [0.5, 0.6) is 0 Å². The number of amides is 1. The molecule has 0 radical (unpaired) electrons. The number of carbonyl (C=O) groups is 1. The molecule has 0 aliphatic rings. The van der Waals surface area contributed by atoms with Crippen molar-refractivity contribution in [1.29, 1.82) is 0 Å². The average molecular weight is 238 g/mol. The predicted molar refractivity (Wildman–Crippen MR) is 58.4 cm³/mol. The van der Waals surface area contributed by atoms with Crippen molar-refractivity contribution in [2.45, 2.75) is 6.92 Å². The zero-order chi connectivity index (χ0) is 11.5. The number of aromatic nitrogens is 2. The fourth-order valence-corrected chi connectivity index (χ4v) is 1.32. The molecule has 2 heterocycles. The van der Waals surface area contributed by atoms with Crippen LogP contribution in [0.3, 0.4) is 0 Å². The van der Waals surface area contributed by atoms with Crippen LogP contribution in [-0.2, 0) is 0 Å². The SMILES string of the molecule is Cc1cnoc1C(=O)Nc1ncccc1Cl. The Hall–Kier alpha value is -1.88. The van der Waals surface area contributed by atoms with E-state index in [1.165, 1.54) is 12.4 Å². The molecule has 6 heteroatoms. The molecule has 0 saturated heterocycles. The standard InChI is InChI=1S/C10H8ClN3O2/c1-6-5-13-16-8(6)10(15)14-9-7(11)3-2-4-12-9/h2-5H,1H3,(H,12,14,15). The molecule has 1 amide bonds. The fourth-order valence-electron chi connectivity index (χ4n) is 1.15. The van der Waals surface area contributed by atoms with Crippen molar-refractivity contribution in [1.82, 2.24) is 10.1 Å². The summed E-state index contributed by atoms with van der Waals surface area (Å²) in [4.78, 5) is 15.6. The van der Waals surface area contributed by atoms with E-state index in [2.05, 4.69) is 15.5 Å². The predicted octanol–water partition coefficient (Wildman–Crippen LogP) is 2.28. The molecule has 2 aromatic rings. The molecule has 0 spiro atoms. The summed E-state index contributed by atoms with van der Waals surface area (Å²) in [5.74, 6) is 0.0299. The molecule has 0 aromatic carbocycles. The van der Waals surface area contributed by atoms with Crippen LogP contribution in [0.4, 0.5) is 5.82 Å². The molecule has 1 N–H and O–H groups in total. The number of aryl methyl sites for hydroxylation is 1. The normalized spacial score (nSPS) is 10.1. The van der Waals surface area contributed by atoms with E-state index in [-0.39, 0.29) is 5.76 Å². The van der Waals surface area contributed by atoms with Gasteiger partial charge in [-0.15, -0.1) is 0 Å². The molecular formula is C10H8ClN3O2. The number of halogens is 1. The van der Waals surface area contributed by atoms with Crippen LogP contribution in [0.25, 0.3) is 0 Å². The Morgan fingerprint density at radius 3 is 3.00 bits per heavy atom. The van der Waals surface area contributed by atoms with Crippen molar-refractivity contribution in [2.24, 2.45) is 0 Å². The number of anilines is 1. The van der Waals surface area contributed by atoms with Gasteiger partial charge < -0.3 is 9.84 Å². The first kappa shape index (κ1) is 10.6. The van der Waals surface area contributed by atoms with Gasteiger partial charge in [-0.25, -0.2) is 4.98 Å². The van der Waals surface area contributed by atoms with Gasteiger partial charge in [-0.3, -0.25) is 4.79 Å². The van der Waals surface area contributed by atoms with Crippen LogP contribution in [0, 0.1) is 6.92 Å². The molecule has 0 unspecified atom stereocenters. The van der Waals surface area contributed by atoms with Gasteiger partial charge in [-0.2, -0.15) is 0 Å². The Morgan fingerprint density at radius 1 is 1.56 bits per heavy atom. The highest BCUT2D eigenvalue weighted by molar-refractivity contribution is 6.33. The highest BCUT2D eigenvalue weighted by Crippen LogP contribution is 2.18. The summed E-state index contributed by atoms with van der Waals surface area (Å²) >= 11 is 5.85. The minimum Gasteiger partial charge on any atom is -0.351 e. The van der Waals surface area contributed by atoms with Crippen LogP contribution in [0.2, 0.25) is 5.02 Å². The zero-order valence-electron chi connectivity index (χ0n) is 8.40. The van der Waals surface area contributed by atoms with Gasteiger partial charge in [0.1, 0.15) is 0 Å². The van der Waals surface area contributed by atoms with Gasteiger partial charge in [-0.1, -0.05) is 16.8 Å². The molecule has 0 aliphatic heterocycles. The van der Waals surface area contributed by atoms with Crippen LogP contribution in [-0.4, -0.2) is 16.0 Å². The number of hydrogen-bond acceptors (Lipinski definition) is 4. The minimum absolute atomic E-state index is 0.154. The molecule has 0 bridgehead atoms. The molecule has 0 saturated carbocycles. The summed E-state index contributed by atoms with van der Waals surface area (Å²) in [7, 11) is 0. The maximum absolute atomic E-state index is 11.7. The Bertz CT molecular complexity index is 524. The van der Waals surface area contributed by atoms with E-state index in [1.807, 2.05) is 0 Å². The summed E-state index contributed by atoms with van der Waals surface area (Å²) < 4.78 is 4.81. The summed E-state index contributed by atoms with van der Waals surface area (Å²) in [6, 6.07) is 3.31. The minimum atomic E-state index is -0.421. The van der Waals surface area contributed by atoms with Crippen LogP contribution in [0.15, 0.2) is 29.0 Å². The molecule has 2 rings (SSSR count). The van der Waals surface area contributed by atoms with Crippen molar-refractivity contribution < 1.29 is 9.32 Å². The Balaban J connectivity index is 2.21. The van der Waals surface area contributed by atoms with Gasteiger partial charge >= 0.3 is 0 Å². The monoisotopic (exact) mass is 237 g/mol. The molecule has 5 nitrogen and oxygen atoms in total. The van der Waals surface area contributed by atoms with Gasteiger partial charge in [0.25, 0.3) is 5.91 Å². The summed E-state index contributed by atoms with van der Waals surface area (Å²) in [5.41, 5.74) is 0.657. The molecule has 0 atom stereocenters. The van der Waals surface area contributed by atoms with E-state index >= 15 is 0 Å². The number of rotatable bonds is 2. The third-order valence-corrected chi connectivity index (χ3v) is 2.25. The number of carbonyl (C=O) groups excluding carboxylic acids is 1. The van der Waals surface area contributed by atoms with Gasteiger partial charge in [0, 0.05) is 11.8 Å².